The Labute approximate surface area is 121 Å². The summed E-state index contributed by atoms with van der Waals surface area (Å²) in [6.07, 6.45) is 3.49. The maximum Gasteiger partial charge on any atom is 0.272 e. The van der Waals surface area contributed by atoms with Crippen molar-refractivity contribution in [3.05, 3.63) is 57.9 Å². The molecule has 0 saturated carbocycles. The summed E-state index contributed by atoms with van der Waals surface area (Å²) < 4.78 is 1.73. The van der Waals surface area contributed by atoms with Crippen molar-refractivity contribution in [2.75, 3.05) is 0 Å². The summed E-state index contributed by atoms with van der Waals surface area (Å²) in [6, 6.07) is 6.04. The first-order valence-corrected chi connectivity index (χ1v) is 6.50. The number of hydrogen-bond donors (Lipinski definition) is 1. The highest BCUT2D eigenvalue weighted by Gasteiger charge is 2.15. The molecule has 0 unspecified atom stereocenters. The molecular weight excluding hydrogens is 272 g/mol. The number of nitrogens with zero attached hydrogens (tertiary/aromatic N) is 3. The molecule has 0 bridgehead atoms. The summed E-state index contributed by atoms with van der Waals surface area (Å²) in [7, 11) is 0. The van der Waals surface area contributed by atoms with Crippen LogP contribution in [0.4, 0.5) is 5.69 Å². The first-order valence-electron chi connectivity index (χ1n) is 6.50. The van der Waals surface area contributed by atoms with Crippen molar-refractivity contribution < 1.29 is 9.72 Å². The van der Waals surface area contributed by atoms with Crippen LogP contribution in [0.5, 0.6) is 0 Å². The fraction of sp³-hybridized carbons (Fsp3) is 0.286. The van der Waals surface area contributed by atoms with Gasteiger partial charge in [0.25, 0.3) is 11.6 Å². The molecule has 0 spiro atoms. The van der Waals surface area contributed by atoms with E-state index in [2.05, 4.69) is 10.4 Å². The third-order valence-corrected chi connectivity index (χ3v) is 3.05. The average Bonchev–Trinajstić information content (AvgIpc) is 2.90. The number of aryl methyl sites for hydroxylation is 1. The van der Waals surface area contributed by atoms with Gasteiger partial charge in [-0.2, -0.15) is 5.10 Å². The number of carbonyl (C=O) groups is 1. The van der Waals surface area contributed by atoms with Crippen LogP contribution in [0.3, 0.4) is 0 Å². The molecule has 1 N–H and O–H groups in total. The number of carbonyl (C=O) groups excluding carboxylic acids is 1. The lowest BCUT2D eigenvalue weighted by Gasteiger charge is -2.14. The van der Waals surface area contributed by atoms with E-state index in [4.69, 9.17) is 0 Å². The van der Waals surface area contributed by atoms with Gasteiger partial charge in [0.1, 0.15) is 0 Å². The Morgan fingerprint density at radius 2 is 2.29 bits per heavy atom. The molecule has 2 aromatic rings. The predicted octanol–water partition coefficient (Wildman–Crippen LogP) is 1.92. The lowest BCUT2D eigenvalue weighted by atomic mass is 10.1. The lowest BCUT2D eigenvalue weighted by molar-refractivity contribution is -0.385. The minimum Gasteiger partial charge on any atom is -0.348 e. The molecule has 21 heavy (non-hydrogen) atoms. The standard InChI is InChI=1S/C14H16N4O3/c1-10-8-12(4-5-13(10)18(20)21)14(19)16-11(2)9-17-7-3-6-15-17/h3-8,11H,9H2,1-2H3,(H,16,19)/t11-/m0/s1. The van der Waals surface area contributed by atoms with Crippen LogP contribution in [-0.4, -0.2) is 26.7 Å². The highest BCUT2D eigenvalue weighted by atomic mass is 16.6. The molecule has 0 saturated heterocycles. The Hall–Kier alpha value is -2.70. The Bertz CT molecular complexity index is 652. The zero-order chi connectivity index (χ0) is 15.4. The van der Waals surface area contributed by atoms with Crippen LogP contribution >= 0.6 is 0 Å². The molecule has 1 aromatic heterocycles. The van der Waals surface area contributed by atoms with Gasteiger partial charge in [0, 0.05) is 35.6 Å². The van der Waals surface area contributed by atoms with Crippen molar-refractivity contribution in [3.63, 3.8) is 0 Å². The Balaban J connectivity index is 2.03. The van der Waals surface area contributed by atoms with E-state index < -0.39 is 4.92 Å². The smallest absolute Gasteiger partial charge is 0.272 e. The minimum absolute atomic E-state index is 0.0103. The molecule has 7 heteroatoms. The molecule has 2 rings (SSSR count). The van der Waals surface area contributed by atoms with Crippen molar-refractivity contribution >= 4 is 11.6 Å². The Morgan fingerprint density at radius 3 is 2.86 bits per heavy atom. The van der Waals surface area contributed by atoms with Gasteiger partial charge in [0.05, 0.1) is 11.5 Å². The van der Waals surface area contributed by atoms with Crippen molar-refractivity contribution in [2.24, 2.45) is 0 Å². The van der Waals surface area contributed by atoms with Gasteiger partial charge < -0.3 is 5.32 Å². The zero-order valence-electron chi connectivity index (χ0n) is 11.8. The van der Waals surface area contributed by atoms with E-state index >= 15 is 0 Å². The molecular formula is C14H16N4O3. The van der Waals surface area contributed by atoms with Crippen LogP contribution in [0.25, 0.3) is 0 Å². The lowest BCUT2D eigenvalue weighted by Crippen LogP contribution is -2.35. The second-order valence-corrected chi connectivity index (χ2v) is 4.86. The number of nitrogens with one attached hydrogen (secondary N) is 1. The summed E-state index contributed by atoms with van der Waals surface area (Å²) in [5.74, 6) is -0.257. The summed E-state index contributed by atoms with van der Waals surface area (Å²) in [5.41, 5.74) is 0.883. The first-order chi connectivity index (χ1) is 9.97. The number of nitro groups is 1. The van der Waals surface area contributed by atoms with Crippen molar-refractivity contribution in [1.29, 1.82) is 0 Å². The fourth-order valence-corrected chi connectivity index (χ4v) is 2.04. The highest BCUT2D eigenvalue weighted by Crippen LogP contribution is 2.18. The van der Waals surface area contributed by atoms with Crippen molar-refractivity contribution in [3.8, 4) is 0 Å². The molecule has 110 valence electrons. The number of rotatable bonds is 5. The normalized spacial score (nSPS) is 11.9. The van der Waals surface area contributed by atoms with Crippen LogP contribution in [0, 0.1) is 17.0 Å². The van der Waals surface area contributed by atoms with Gasteiger partial charge in [0.2, 0.25) is 0 Å². The van der Waals surface area contributed by atoms with Gasteiger partial charge in [-0.15, -0.1) is 0 Å². The van der Waals surface area contributed by atoms with Crippen molar-refractivity contribution in [1.82, 2.24) is 15.1 Å². The molecule has 0 radical (unpaired) electrons. The number of benzene rings is 1. The Morgan fingerprint density at radius 1 is 1.52 bits per heavy atom. The third kappa shape index (κ3) is 3.65. The first kappa shape index (κ1) is 14.7. The largest absolute Gasteiger partial charge is 0.348 e. The van der Waals surface area contributed by atoms with Gasteiger partial charge in [-0.25, -0.2) is 0 Å². The van der Waals surface area contributed by atoms with Gasteiger partial charge in [-0.1, -0.05) is 0 Å². The molecule has 1 heterocycles. The Kier molecular flexibility index (Phi) is 4.32. The van der Waals surface area contributed by atoms with Crippen LogP contribution in [0.2, 0.25) is 0 Å². The quantitative estimate of drug-likeness (QED) is 0.672. The van der Waals surface area contributed by atoms with Crippen molar-refractivity contribution in [2.45, 2.75) is 26.4 Å². The molecule has 0 aliphatic rings. The number of amides is 1. The van der Waals surface area contributed by atoms with E-state index in [0.29, 0.717) is 17.7 Å². The highest BCUT2D eigenvalue weighted by molar-refractivity contribution is 5.94. The zero-order valence-corrected chi connectivity index (χ0v) is 11.8. The average molecular weight is 288 g/mol. The second kappa shape index (κ2) is 6.17. The predicted molar refractivity (Wildman–Crippen MR) is 77.0 cm³/mol. The molecule has 1 aromatic carbocycles. The van der Waals surface area contributed by atoms with Gasteiger partial charge in [0.15, 0.2) is 0 Å². The van der Waals surface area contributed by atoms with Gasteiger partial charge in [-0.3, -0.25) is 19.6 Å². The maximum atomic E-state index is 12.1. The fourth-order valence-electron chi connectivity index (χ4n) is 2.04. The van der Waals surface area contributed by atoms with E-state index in [-0.39, 0.29) is 17.6 Å². The van der Waals surface area contributed by atoms with Crippen LogP contribution in [0.1, 0.15) is 22.8 Å². The minimum atomic E-state index is -0.461. The van der Waals surface area contributed by atoms with E-state index in [1.807, 2.05) is 19.2 Å². The monoisotopic (exact) mass is 288 g/mol. The maximum absolute atomic E-state index is 12.1. The van der Waals surface area contributed by atoms with Crippen LogP contribution in [0.15, 0.2) is 36.7 Å². The van der Waals surface area contributed by atoms with Gasteiger partial charge in [-0.05, 0) is 32.0 Å². The topological polar surface area (TPSA) is 90.1 Å². The summed E-state index contributed by atoms with van der Waals surface area (Å²) in [5, 5.41) is 17.7. The SMILES string of the molecule is Cc1cc(C(=O)N[C@@H](C)Cn2cccn2)ccc1[N+](=O)[O-]. The summed E-state index contributed by atoms with van der Waals surface area (Å²) in [4.78, 5) is 22.4. The second-order valence-electron chi connectivity index (χ2n) is 4.86. The molecule has 7 nitrogen and oxygen atoms in total. The van der Waals surface area contributed by atoms with E-state index in [1.165, 1.54) is 18.2 Å². The number of aromatic nitrogens is 2. The molecule has 1 atom stereocenters. The number of hydrogen-bond acceptors (Lipinski definition) is 4. The number of nitro benzene ring substituents is 1. The van der Waals surface area contributed by atoms with E-state index in [9.17, 15) is 14.9 Å². The van der Waals surface area contributed by atoms with Crippen LogP contribution in [-0.2, 0) is 6.54 Å². The van der Waals surface area contributed by atoms with E-state index in [1.54, 1.807) is 17.8 Å². The van der Waals surface area contributed by atoms with Gasteiger partial charge >= 0.3 is 0 Å². The molecule has 0 fully saturated rings. The molecule has 1 amide bonds. The van der Waals surface area contributed by atoms with Crippen LogP contribution < -0.4 is 5.32 Å². The third-order valence-electron chi connectivity index (χ3n) is 3.05. The summed E-state index contributed by atoms with van der Waals surface area (Å²) in [6.45, 7) is 4.05. The van der Waals surface area contributed by atoms with E-state index in [0.717, 1.165) is 0 Å². The molecule has 0 aliphatic heterocycles. The molecule has 0 aliphatic carbocycles. The summed E-state index contributed by atoms with van der Waals surface area (Å²) >= 11 is 0.